The van der Waals surface area contributed by atoms with E-state index in [2.05, 4.69) is 17.9 Å². The summed E-state index contributed by atoms with van der Waals surface area (Å²) in [6, 6.07) is 13.9. The van der Waals surface area contributed by atoms with Gasteiger partial charge in [0.2, 0.25) is 0 Å². The average molecular weight is 375 g/mol. The third kappa shape index (κ3) is 2.74. The van der Waals surface area contributed by atoms with Crippen molar-refractivity contribution in [3.63, 3.8) is 0 Å². The van der Waals surface area contributed by atoms with E-state index in [-0.39, 0.29) is 28.4 Å². The first-order valence-corrected chi connectivity index (χ1v) is 8.79. The lowest BCUT2D eigenvalue weighted by Crippen LogP contribution is -2.24. The normalized spacial score (nSPS) is 12.5. The highest BCUT2D eigenvalue weighted by Gasteiger charge is 2.34. The summed E-state index contributed by atoms with van der Waals surface area (Å²) in [5, 5.41) is 3.21. The topological polar surface area (TPSA) is 98.2 Å². The van der Waals surface area contributed by atoms with Gasteiger partial charge in [0.05, 0.1) is 22.5 Å². The molecule has 6 heteroatoms. The van der Waals surface area contributed by atoms with Gasteiger partial charge in [0, 0.05) is 27.4 Å². The molecule has 134 valence electrons. The molecule has 0 aliphatic heterocycles. The highest BCUT2D eigenvalue weighted by atomic mass is 32.1. The minimum Gasteiger partial charge on any atom is -0.399 e. The molecule has 5 N–H and O–H groups in total. The molecule has 0 atom stereocenters. The van der Waals surface area contributed by atoms with E-state index in [1.807, 2.05) is 19.1 Å². The Morgan fingerprint density at radius 1 is 0.889 bits per heavy atom. The van der Waals surface area contributed by atoms with E-state index in [4.69, 9.17) is 11.5 Å². The van der Waals surface area contributed by atoms with Crippen LogP contribution in [0.15, 0.2) is 53.4 Å². The highest BCUT2D eigenvalue weighted by molar-refractivity contribution is 7.80. The molecule has 3 aromatic carbocycles. The Labute approximate surface area is 161 Å². The second-order valence-corrected chi connectivity index (χ2v) is 7.05. The second kappa shape index (κ2) is 6.17. The van der Waals surface area contributed by atoms with Gasteiger partial charge in [-0.2, -0.15) is 0 Å². The Kier molecular flexibility index (Phi) is 3.93. The van der Waals surface area contributed by atoms with Gasteiger partial charge in [-0.05, 0) is 36.8 Å². The average Bonchev–Trinajstić information content (AvgIpc) is 2.61. The molecular formula is C21H17N3O2S. The molecular weight excluding hydrogens is 358 g/mol. The van der Waals surface area contributed by atoms with Crippen LogP contribution < -0.4 is 16.8 Å². The number of aryl methyl sites for hydroxylation is 1. The Morgan fingerprint density at radius 3 is 2.15 bits per heavy atom. The van der Waals surface area contributed by atoms with E-state index in [0.717, 1.165) is 5.56 Å². The molecule has 0 spiro atoms. The third-order valence-corrected chi connectivity index (χ3v) is 4.96. The van der Waals surface area contributed by atoms with Crippen LogP contribution in [-0.2, 0) is 0 Å². The van der Waals surface area contributed by atoms with Gasteiger partial charge >= 0.3 is 0 Å². The molecule has 1 aliphatic rings. The fourth-order valence-corrected chi connectivity index (χ4v) is 3.68. The zero-order valence-electron chi connectivity index (χ0n) is 14.5. The lowest BCUT2D eigenvalue weighted by Gasteiger charge is -2.23. The van der Waals surface area contributed by atoms with Gasteiger partial charge in [-0.25, -0.2) is 0 Å². The van der Waals surface area contributed by atoms with E-state index in [0.29, 0.717) is 33.1 Å². The molecule has 0 saturated heterocycles. The van der Waals surface area contributed by atoms with Gasteiger partial charge in [0.25, 0.3) is 0 Å². The van der Waals surface area contributed by atoms with Crippen LogP contribution in [-0.4, -0.2) is 11.6 Å². The third-order valence-electron chi connectivity index (χ3n) is 4.59. The SMILES string of the molecule is Cc1cc(N)cc(Nc2cc(S)c(N)c3c2C(=O)c2ccccc2C3=O)c1. The number of ketones is 2. The fraction of sp³-hybridized carbons (Fsp3) is 0.0476. The summed E-state index contributed by atoms with van der Waals surface area (Å²) in [6.07, 6.45) is 0. The summed E-state index contributed by atoms with van der Waals surface area (Å²) in [6.45, 7) is 1.93. The van der Waals surface area contributed by atoms with E-state index in [1.54, 1.807) is 36.4 Å². The molecule has 0 saturated carbocycles. The zero-order chi connectivity index (χ0) is 19.3. The number of nitrogen functional groups attached to an aromatic ring is 2. The second-order valence-electron chi connectivity index (χ2n) is 6.57. The van der Waals surface area contributed by atoms with Gasteiger partial charge in [-0.1, -0.05) is 24.3 Å². The summed E-state index contributed by atoms with van der Waals surface area (Å²) in [5.74, 6) is -0.524. The van der Waals surface area contributed by atoms with Crippen LogP contribution in [0.2, 0.25) is 0 Å². The van der Waals surface area contributed by atoms with E-state index in [9.17, 15) is 9.59 Å². The number of hydrogen-bond acceptors (Lipinski definition) is 6. The molecule has 0 fully saturated rings. The van der Waals surface area contributed by atoms with Crippen molar-refractivity contribution in [3.05, 3.63) is 76.3 Å². The van der Waals surface area contributed by atoms with Crippen LogP contribution >= 0.6 is 12.6 Å². The van der Waals surface area contributed by atoms with E-state index in [1.165, 1.54) is 0 Å². The molecule has 5 nitrogen and oxygen atoms in total. The number of rotatable bonds is 2. The van der Waals surface area contributed by atoms with Crippen LogP contribution in [0, 0.1) is 6.92 Å². The largest absolute Gasteiger partial charge is 0.399 e. The van der Waals surface area contributed by atoms with E-state index >= 15 is 0 Å². The van der Waals surface area contributed by atoms with Crippen molar-refractivity contribution in [3.8, 4) is 0 Å². The number of carbonyl (C=O) groups excluding carboxylic acids is 2. The van der Waals surface area contributed by atoms with Crippen molar-refractivity contribution in [2.45, 2.75) is 11.8 Å². The summed E-state index contributed by atoms with van der Waals surface area (Å²) in [7, 11) is 0. The first-order valence-electron chi connectivity index (χ1n) is 8.35. The van der Waals surface area contributed by atoms with Gasteiger partial charge < -0.3 is 16.8 Å². The smallest absolute Gasteiger partial charge is 0.196 e. The zero-order valence-corrected chi connectivity index (χ0v) is 15.4. The van der Waals surface area contributed by atoms with Crippen molar-refractivity contribution in [1.29, 1.82) is 0 Å². The quantitative estimate of drug-likeness (QED) is 0.314. The number of thiol groups is 1. The van der Waals surface area contributed by atoms with Crippen molar-refractivity contribution >= 4 is 46.9 Å². The number of hydrogen-bond donors (Lipinski definition) is 4. The molecule has 4 rings (SSSR count). The summed E-state index contributed by atoms with van der Waals surface area (Å²) in [5.41, 5.74) is 16.2. The van der Waals surface area contributed by atoms with Crippen LogP contribution in [0.4, 0.5) is 22.7 Å². The molecule has 0 radical (unpaired) electrons. The molecule has 0 heterocycles. The van der Waals surface area contributed by atoms with E-state index < -0.39 is 0 Å². The summed E-state index contributed by atoms with van der Waals surface area (Å²) in [4.78, 5) is 26.6. The molecule has 27 heavy (non-hydrogen) atoms. The number of nitrogens with two attached hydrogens (primary N) is 2. The van der Waals surface area contributed by atoms with Crippen molar-refractivity contribution in [2.75, 3.05) is 16.8 Å². The number of anilines is 4. The Balaban J connectivity index is 1.94. The number of carbonyl (C=O) groups is 2. The van der Waals surface area contributed by atoms with Crippen molar-refractivity contribution in [2.24, 2.45) is 0 Å². The molecule has 3 aromatic rings. The van der Waals surface area contributed by atoms with Crippen molar-refractivity contribution in [1.82, 2.24) is 0 Å². The maximum absolute atomic E-state index is 13.2. The predicted molar refractivity (Wildman–Crippen MR) is 110 cm³/mol. The predicted octanol–water partition coefficient (Wildman–Crippen LogP) is 3.97. The van der Waals surface area contributed by atoms with Crippen LogP contribution in [0.25, 0.3) is 0 Å². The van der Waals surface area contributed by atoms with Gasteiger partial charge in [-0.15, -0.1) is 12.6 Å². The first kappa shape index (κ1) is 17.2. The monoisotopic (exact) mass is 375 g/mol. The van der Waals surface area contributed by atoms with Crippen LogP contribution in [0.3, 0.4) is 0 Å². The Hall–Kier alpha value is -3.25. The van der Waals surface area contributed by atoms with Crippen LogP contribution in [0.1, 0.15) is 37.4 Å². The molecule has 0 aromatic heterocycles. The molecule has 0 bridgehead atoms. The standard InChI is InChI=1S/C21H17N3O2S/c1-10-6-11(22)8-12(7-10)24-15-9-16(27)19(23)18-17(15)20(25)13-4-2-3-5-14(13)21(18)26/h2-9,24,27H,22-23H2,1H3. The maximum atomic E-state index is 13.2. The summed E-state index contributed by atoms with van der Waals surface area (Å²) < 4.78 is 0. The van der Waals surface area contributed by atoms with Crippen molar-refractivity contribution < 1.29 is 9.59 Å². The lowest BCUT2D eigenvalue weighted by molar-refractivity contribution is 0.0980. The number of nitrogens with one attached hydrogen (secondary N) is 1. The van der Waals surface area contributed by atoms with Gasteiger partial charge in [0.1, 0.15) is 0 Å². The molecule has 0 amide bonds. The first-order chi connectivity index (χ1) is 12.9. The minimum atomic E-state index is -0.277. The van der Waals surface area contributed by atoms with Crippen LogP contribution in [0.5, 0.6) is 0 Å². The number of fused-ring (bicyclic) bond motifs is 2. The Morgan fingerprint density at radius 2 is 1.52 bits per heavy atom. The van der Waals surface area contributed by atoms with Gasteiger partial charge in [0.15, 0.2) is 11.6 Å². The lowest BCUT2D eigenvalue weighted by atomic mass is 9.82. The molecule has 1 aliphatic carbocycles. The summed E-state index contributed by atoms with van der Waals surface area (Å²) >= 11 is 4.40. The molecule has 0 unspecified atom stereocenters. The highest BCUT2D eigenvalue weighted by Crippen LogP contribution is 2.39. The minimum absolute atomic E-state index is 0.189. The maximum Gasteiger partial charge on any atom is 0.196 e. The van der Waals surface area contributed by atoms with Gasteiger partial charge in [-0.3, -0.25) is 9.59 Å². The Bertz CT molecular complexity index is 1120. The number of benzene rings is 3. The fourth-order valence-electron chi connectivity index (χ4n) is 3.44.